The zero-order valence-corrected chi connectivity index (χ0v) is 12.1. The first-order chi connectivity index (χ1) is 9.04. The quantitative estimate of drug-likeness (QED) is 0.824. The van der Waals surface area contributed by atoms with Crippen molar-refractivity contribution in [1.82, 2.24) is 0 Å². The Morgan fingerprint density at radius 2 is 1.89 bits per heavy atom. The third-order valence-electron chi connectivity index (χ3n) is 3.62. The fourth-order valence-corrected chi connectivity index (χ4v) is 2.36. The minimum absolute atomic E-state index is 0.172. The van der Waals surface area contributed by atoms with Gasteiger partial charge in [-0.15, -0.1) is 0 Å². The molecule has 1 N–H and O–H groups in total. The second-order valence-electron chi connectivity index (χ2n) is 4.50. The lowest BCUT2D eigenvalue weighted by molar-refractivity contribution is -0.127. The van der Waals surface area contributed by atoms with Crippen LogP contribution in [0.5, 0.6) is 5.75 Å². The Labute approximate surface area is 114 Å². The molecule has 1 rings (SSSR count). The van der Waals surface area contributed by atoms with E-state index in [4.69, 9.17) is 9.47 Å². The topological polar surface area (TPSA) is 38.7 Å². The zero-order valence-electron chi connectivity index (χ0n) is 12.1. The summed E-state index contributed by atoms with van der Waals surface area (Å²) in [6.07, 6.45) is 0.459. The number of ether oxygens (including phenoxy) is 2. The fraction of sp³-hybridized carbons (Fsp3) is 0.600. The molecule has 1 aromatic rings. The SMILES string of the molecule is CCOC(CC)(CC)C(O)c1ccc(OC)c(F)c1. The van der Waals surface area contributed by atoms with E-state index in [1.54, 1.807) is 6.07 Å². The highest BCUT2D eigenvalue weighted by Crippen LogP contribution is 2.36. The first kappa shape index (κ1) is 15.9. The number of halogens is 1. The third kappa shape index (κ3) is 3.25. The summed E-state index contributed by atoms with van der Waals surface area (Å²) in [4.78, 5) is 0. The molecule has 0 aliphatic carbocycles. The van der Waals surface area contributed by atoms with Crippen molar-refractivity contribution in [3.8, 4) is 5.75 Å². The summed E-state index contributed by atoms with van der Waals surface area (Å²) >= 11 is 0. The van der Waals surface area contributed by atoms with E-state index in [0.29, 0.717) is 25.0 Å². The van der Waals surface area contributed by atoms with Gasteiger partial charge in [-0.3, -0.25) is 0 Å². The minimum atomic E-state index is -0.858. The highest BCUT2D eigenvalue weighted by molar-refractivity contribution is 5.31. The molecule has 0 bridgehead atoms. The number of hydrogen-bond donors (Lipinski definition) is 1. The molecule has 0 fully saturated rings. The third-order valence-corrected chi connectivity index (χ3v) is 3.62. The maximum atomic E-state index is 13.7. The second-order valence-corrected chi connectivity index (χ2v) is 4.50. The van der Waals surface area contributed by atoms with Gasteiger partial charge in [-0.2, -0.15) is 0 Å². The molecule has 0 heterocycles. The molecule has 0 saturated carbocycles. The molecule has 19 heavy (non-hydrogen) atoms. The van der Waals surface area contributed by atoms with Crippen molar-refractivity contribution in [2.24, 2.45) is 0 Å². The van der Waals surface area contributed by atoms with Crippen molar-refractivity contribution in [2.45, 2.75) is 45.3 Å². The first-order valence-electron chi connectivity index (χ1n) is 6.70. The van der Waals surface area contributed by atoms with E-state index in [-0.39, 0.29) is 5.75 Å². The number of hydrogen-bond acceptors (Lipinski definition) is 3. The van der Waals surface area contributed by atoms with Gasteiger partial charge in [-0.05, 0) is 37.5 Å². The molecular formula is C15H23FO3. The fourth-order valence-electron chi connectivity index (χ4n) is 2.36. The molecular weight excluding hydrogens is 247 g/mol. The average Bonchev–Trinajstić information content (AvgIpc) is 2.44. The van der Waals surface area contributed by atoms with Crippen LogP contribution in [0, 0.1) is 5.82 Å². The van der Waals surface area contributed by atoms with Gasteiger partial charge in [0, 0.05) is 6.61 Å². The highest BCUT2D eigenvalue weighted by atomic mass is 19.1. The molecule has 0 saturated heterocycles. The summed E-state index contributed by atoms with van der Waals surface area (Å²) in [5.74, 6) is -0.303. The standard InChI is InChI=1S/C15H23FO3/c1-5-15(6-2,19-7-3)14(17)11-8-9-13(18-4)12(16)10-11/h8-10,14,17H,5-7H2,1-4H3. The van der Waals surface area contributed by atoms with E-state index in [0.717, 1.165) is 0 Å². The Morgan fingerprint density at radius 3 is 2.32 bits per heavy atom. The van der Waals surface area contributed by atoms with Gasteiger partial charge in [0.2, 0.25) is 0 Å². The van der Waals surface area contributed by atoms with Crippen LogP contribution in [0.3, 0.4) is 0 Å². The Kier molecular flexibility index (Phi) is 5.76. The van der Waals surface area contributed by atoms with Gasteiger partial charge in [0.25, 0.3) is 0 Å². The molecule has 0 aliphatic rings. The molecule has 0 amide bonds. The summed E-state index contributed by atoms with van der Waals surface area (Å²) in [7, 11) is 1.41. The van der Waals surface area contributed by atoms with Crippen molar-refractivity contribution in [3.05, 3.63) is 29.6 Å². The first-order valence-corrected chi connectivity index (χ1v) is 6.70. The molecule has 1 aromatic carbocycles. The van der Waals surface area contributed by atoms with Crippen molar-refractivity contribution in [1.29, 1.82) is 0 Å². The second kappa shape index (κ2) is 6.87. The van der Waals surface area contributed by atoms with Gasteiger partial charge < -0.3 is 14.6 Å². The van der Waals surface area contributed by atoms with Gasteiger partial charge in [0.1, 0.15) is 6.10 Å². The van der Waals surface area contributed by atoms with Gasteiger partial charge in [0.15, 0.2) is 11.6 Å². The van der Waals surface area contributed by atoms with Gasteiger partial charge in [-0.25, -0.2) is 4.39 Å². The number of rotatable bonds is 7. The normalized spacial score (nSPS) is 13.4. The molecule has 0 aliphatic heterocycles. The molecule has 3 nitrogen and oxygen atoms in total. The highest BCUT2D eigenvalue weighted by Gasteiger charge is 2.36. The average molecular weight is 270 g/mol. The summed E-state index contributed by atoms with van der Waals surface area (Å²) in [5.41, 5.74) is -0.161. The summed E-state index contributed by atoms with van der Waals surface area (Å²) in [5, 5.41) is 10.5. The Balaban J connectivity index is 3.09. The number of methoxy groups -OCH3 is 1. The lowest BCUT2D eigenvalue weighted by Gasteiger charge is -2.36. The molecule has 0 spiro atoms. The van der Waals surface area contributed by atoms with Gasteiger partial charge in [-0.1, -0.05) is 19.9 Å². The van der Waals surface area contributed by atoms with Crippen LogP contribution in [0.1, 0.15) is 45.3 Å². The molecule has 0 radical (unpaired) electrons. The lowest BCUT2D eigenvalue weighted by Crippen LogP contribution is -2.38. The van der Waals surface area contributed by atoms with Crippen molar-refractivity contribution >= 4 is 0 Å². The van der Waals surface area contributed by atoms with Gasteiger partial charge in [0.05, 0.1) is 12.7 Å². The Morgan fingerprint density at radius 1 is 1.26 bits per heavy atom. The van der Waals surface area contributed by atoms with Crippen LogP contribution < -0.4 is 4.74 Å². The van der Waals surface area contributed by atoms with Crippen molar-refractivity contribution in [2.75, 3.05) is 13.7 Å². The van der Waals surface area contributed by atoms with Crippen molar-refractivity contribution in [3.63, 3.8) is 0 Å². The summed E-state index contributed by atoms with van der Waals surface area (Å²) in [6, 6.07) is 4.50. The molecule has 4 heteroatoms. The predicted octanol–water partition coefficient (Wildman–Crippen LogP) is 3.46. The largest absolute Gasteiger partial charge is 0.494 e. The monoisotopic (exact) mass is 270 g/mol. The van der Waals surface area contributed by atoms with Crippen LogP contribution in [0.15, 0.2) is 18.2 Å². The maximum Gasteiger partial charge on any atom is 0.165 e. The maximum absolute atomic E-state index is 13.7. The van der Waals surface area contributed by atoms with Crippen LogP contribution in [0.25, 0.3) is 0 Å². The van der Waals surface area contributed by atoms with E-state index in [9.17, 15) is 9.50 Å². The smallest absolute Gasteiger partial charge is 0.165 e. The molecule has 108 valence electrons. The number of aliphatic hydroxyl groups is 1. The van der Waals surface area contributed by atoms with E-state index >= 15 is 0 Å². The van der Waals surface area contributed by atoms with E-state index in [2.05, 4.69) is 0 Å². The van der Waals surface area contributed by atoms with Crippen LogP contribution in [0.2, 0.25) is 0 Å². The van der Waals surface area contributed by atoms with Crippen LogP contribution in [0.4, 0.5) is 4.39 Å². The van der Waals surface area contributed by atoms with Crippen LogP contribution in [-0.4, -0.2) is 24.4 Å². The number of benzene rings is 1. The van der Waals surface area contributed by atoms with E-state index in [1.165, 1.54) is 19.2 Å². The number of aliphatic hydroxyl groups excluding tert-OH is 1. The van der Waals surface area contributed by atoms with Gasteiger partial charge >= 0.3 is 0 Å². The molecule has 1 atom stereocenters. The van der Waals surface area contributed by atoms with Crippen LogP contribution in [-0.2, 0) is 4.74 Å². The summed E-state index contributed by atoms with van der Waals surface area (Å²) < 4.78 is 24.3. The van der Waals surface area contributed by atoms with E-state index in [1.807, 2.05) is 20.8 Å². The van der Waals surface area contributed by atoms with E-state index < -0.39 is 17.5 Å². The predicted molar refractivity (Wildman–Crippen MR) is 72.9 cm³/mol. The Bertz CT molecular complexity index is 402. The molecule has 1 unspecified atom stereocenters. The molecule has 0 aromatic heterocycles. The summed E-state index contributed by atoms with van der Waals surface area (Å²) in [6.45, 7) is 6.32. The van der Waals surface area contributed by atoms with Crippen LogP contribution >= 0.6 is 0 Å². The minimum Gasteiger partial charge on any atom is -0.494 e. The lowest BCUT2D eigenvalue weighted by atomic mass is 9.86. The van der Waals surface area contributed by atoms with Crippen molar-refractivity contribution < 1.29 is 19.0 Å². The Hall–Kier alpha value is -1.13. The zero-order chi connectivity index (χ0) is 14.5.